The van der Waals surface area contributed by atoms with Crippen molar-refractivity contribution in [1.29, 1.82) is 0 Å². The van der Waals surface area contributed by atoms with Crippen molar-refractivity contribution in [1.82, 2.24) is 9.80 Å². The van der Waals surface area contributed by atoms with Gasteiger partial charge in [-0.15, -0.1) is 11.3 Å². The molecule has 0 N–H and O–H groups in total. The van der Waals surface area contributed by atoms with Gasteiger partial charge in [0.2, 0.25) is 11.8 Å². The lowest BCUT2D eigenvalue weighted by molar-refractivity contribution is -0.141. The van der Waals surface area contributed by atoms with Crippen LogP contribution in [0.4, 0.5) is 4.39 Å². The molecular weight excluding hydrogens is 367 g/mol. The number of carbonyl (C=O) groups excluding carboxylic acids is 2. The second kappa shape index (κ2) is 8.63. The molecule has 5 nitrogen and oxygen atoms in total. The van der Waals surface area contributed by atoms with E-state index in [0.29, 0.717) is 19.7 Å². The number of ether oxygens (including phenoxy) is 1. The van der Waals surface area contributed by atoms with Crippen LogP contribution in [0.5, 0.6) is 0 Å². The highest BCUT2D eigenvalue weighted by atomic mass is 32.1. The van der Waals surface area contributed by atoms with Gasteiger partial charge in [0, 0.05) is 32.0 Å². The Kier molecular flexibility index (Phi) is 6.23. The van der Waals surface area contributed by atoms with Gasteiger partial charge in [0.1, 0.15) is 5.82 Å². The van der Waals surface area contributed by atoms with Crippen LogP contribution in [0.3, 0.4) is 0 Å². The van der Waals surface area contributed by atoms with Gasteiger partial charge < -0.3 is 14.5 Å². The van der Waals surface area contributed by atoms with E-state index in [1.54, 1.807) is 35.5 Å². The van der Waals surface area contributed by atoms with Crippen molar-refractivity contribution >= 4 is 23.2 Å². The molecule has 1 aromatic carbocycles. The number of hydrogen-bond acceptors (Lipinski definition) is 4. The van der Waals surface area contributed by atoms with Crippen LogP contribution >= 0.6 is 11.3 Å². The number of fused-ring (bicyclic) bond motifs is 1. The highest BCUT2D eigenvalue weighted by Crippen LogP contribution is 2.37. The summed E-state index contributed by atoms with van der Waals surface area (Å²) in [7, 11) is 1.56. The number of rotatable bonds is 6. The Labute approximate surface area is 162 Å². The van der Waals surface area contributed by atoms with Crippen molar-refractivity contribution in [2.24, 2.45) is 0 Å². The number of carbonyl (C=O) groups is 2. The van der Waals surface area contributed by atoms with Crippen LogP contribution in [-0.2, 0) is 20.7 Å². The lowest BCUT2D eigenvalue weighted by Crippen LogP contribution is -2.47. The van der Waals surface area contributed by atoms with Gasteiger partial charge in [0.15, 0.2) is 0 Å². The molecule has 0 bridgehead atoms. The molecule has 2 aromatic rings. The van der Waals surface area contributed by atoms with Crippen molar-refractivity contribution < 1.29 is 18.7 Å². The Hall–Kier alpha value is -2.25. The molecule has 7 heteroatoms. The van der Waals surface area contributed by atoms with Crippen LogP contribution in [0.2, 0.25) is 0 Å². The van der Waals surface area contributed by atoms with Crippen LogP contribution in [-0.4, -0.2) is 55.0 Å². The topological polar surface area (TPSA) is 49.9 Å². The first-order valence-electron chi connectivity index (χ1n) is 8.87. The van der Waals surface area contributed by atoms with E-state index in [1.807, 2.05) is 11.4 Å². The molecule has 0 spiro atoms. The molecule has 27 heavy (non-hydrogen) atoms. The Morgan fingerprint density at radius 3 is 2.70 bits per heavy atom. The van der Waals surface area contributed by atoms with Crippen LogP contribution in [0, 0.1) is 5.82 Å². The van der Waals surface area contributed by atoms with Crippen LogP contribution < -0.4 is 0 Å². The van der Waals surface area contributed by atoms with Crippen molar-refractivity contribution in [3.63, 3.8) is 0 Å². The second-order valence-corrected chi connectivity index (χ2v) is 7.52. The van der Waals surface area contributed by atoms with E-state index in [-0.39, 0.29) is 30.2 Å². The Morgan fingerprint density at radius 1 is 1.30 bits per heavy atom. The maximum absolute atomic E-state index is 13.4. The van der Waals surface area contributed by atoms with Gasteiger partial charge in [-0.1, -0.05) is 12.1 Å². The van der Waals surface area contributed by atoms with Gasteiger partial charge in [0.05, 0.1) is 19.2 Å². The molecule has 0 aliphatic carbocycles. The van der Waals surface area contributed by atoms with Crippen molar-refractivity contribution in [2.45, 2.75) is 19.4 Å². The molecule has 2 heterocycles. The summed E-state index contributed by atoms with van der Waals surface area (Å²) in [6.45, 7) is 2.78. The molecule has 0 fully saturated rings. The minimum absolute atomic E-state index is 0.00978. The normalized spacial score (nSPS) is 16.1. The molecule has 3 rings (SSSR count). The van der Waals surface area contributed by atoms with E-state index < -0.39 is 0 Å². The van der Waals surface area contributed by atoms with E-state index in [4.69, 9.17) is 4.74 Å². The highest BCUT2D eigenvalue weighted by molar-refractivity contribution is 7.10. The first kappa shape index (κ1) is 19.5. The van der Waals surface area contributed by atoms with E-state index in [9.17, 15) is 14.0 Å². The largest absolute Gasteiger partial charge is 0.383 e. The summed E-state index contributed by atoms with van der Waals surface area (Å²) in [6, 6.07) is 8.05. The summed E-state index contributed by atoms with van der Waals surface area (Å²) in [5.41, 5.74) is 1.95. The number of nitrogens with zero attached hydrogens (tertiary/aromatic N) is 2. The smallest absolute Gasteiger partial charge is 0.242 e. The molecule has 0 saturated heterocycles. The number of thiophene rings is 1. The Balaban J connectivity index is 1.87. The molecule has 1 aromatic heterocycles. The van der Waals surface area contributed by atoms with Gasteiger partial charge in [-0.25, -0.2) is 4.39 Å². The maximum atomic E-state index is 13.4. The summed E-state index contributed by atoms with van der Waals surface area (Å²) in [5, 5.41) is 2.02. The highest BCUT2D eigenvalue weighted by Gasteiger charge is 2.33. The molecule has 1 aliphatic heterocycles. The van der Waals surface area contributed by atoms with Gasteiger partial charge in [-0.3, -0.25) is 9.59 Å². The maximum Gasteiger partial charge on any atom is 0.242 e. The van der Waals surface area contributed by atoms with Gasteiger partial charge >= 0.3 is 0 Å². The quantitative estimate of drug-likeness (QED) is 0.762. The van der Waals surface area contributed by atoms with Crippen LogP contribution in [0.15, 0.2) is 35.7 Å². The third-order valence-corrected chi connectivity index (χ3v) is 5.81. The van der Waals surface area contributed by atoms with Crippen LogP contribution in [0.1, 0.15) is 29.0 Å². The Bertz CT molecular complexity index is 806. The summed E-state index contributed by atoms with van der Waals surface area (Å²) in [6.07, 6.45) is 0.786. The third kappa shape index (κ3) is 4.36. The standard InChI is InChI=1S/C20H23FN2O3S/c1-14(24)22(10-11-26-2)13-19(25)23-9-7-18-17(8-12-27-18)20(23)15-3-5-16(21)6-4-15/h3-6,8,12,20H,7,9-11,13H2,1-2H3/t20-/m1/s1. The van der Waals surface area contributed by atoms with E-state index >= 15 is 0 Å². The fourth-order valence-electron chi connectivity index (χ4n) is 3.39. The molecule has 2 amide bonds. The van der Waals surface area contributed by atoms with Crippen LogP contribution in [0.25, 0.3) is 0 Å². The van der Waals surface area contributed by atoms with Crippen molar-refractivity contribution in [3.05, 3.63) is 57.5 Å². The molecule has 0 radical (unpaired) electrons. The molecular formula is C20H23FN2O3S. The number of halogens is 1. The average molecular weight is 390 g/mol. The minimum Gasteiger partial charge on any atom is -0.383 e. The first-order chi connectivity index (χ1) is 13.0. The van der Waals surface area contributed by atoms with Gasteiger partial charge in [0.25, 0.3) is 0 Å². The fraction of sp³-hybridized carbons (Fsp3) is 0.400. The number of benzene rings is 1. The van der Waals surface area contributed by atoms with Gasteiger partial charge in [-0.2, -0.15) is 0 Å². The number of hydrogen-bond donors (Lipinski definition) is 0. The molecule has 0 saturated carbocycles. The summed E-state index contributed by atoms with van der Waals surface area (Å²) < 4.78 is 18.4. The minimum atomic E-state index is -0.305. The van der Waals surface area contributed by atoms with E-state index in [0.717, 1.165) is 17.5 Å². The van der Waals surface area contributed by atoms with Crippen molar-refractivity contribution in [2.75, 3.05) is 33.4 Å². The Morgan fingerprint density at radius 2 is 2.04 bits per heavy atom. The zero-order valence-corrected chi connectivity index (χ0v) is 16.3. The van der Waals surface area contributed by atoms with Crippen molar-refractivity contribution in [3.8, 4) is 0 Å². The summed E-state index contributed by atoms with van der Waals surface area (Å²) in [4.78, 5) is 29.5. The molecule has 1 atom stereocenters. The predicted molar refractivity (Wildman–Crippen MR) is 102 cm³/mol. The average Bonchev–Trinajstić information content (AvgIpc) is 3.13. The fourth-order valence-corrected chi connectivity index (χ4v) is 4.30. The van der Waals surface area contributed by atoms with E-state index in [2.05, 4.69) is 0 Å². The lowest BCUT2D eigenvalue weighted by Gasteiger charge is -2.37. The number of amides is 2. The monoisotopic (exact) mass is 390 g/mol. The van der Waals surface area contributed by atoms with Gasteiger partial charge in [-0.05, 0) is 41.1 Å². The number of methoxy groups -OCH3 is 1. The van der Waals surface area contributed by atoms with E-state index in [1.165, 1.54) is 28.8 Å². The summed E-state index contributed by atoms with van der Waals surface area (Å²) >= 11 is 1.68. The SMILES string of the molecule is COCCN(CC(=O)N1CCc2sccc2[C@H]1c1ccc(F)cc1)C(C)=O. The molecule has 1 aliphatic rings. The zero-order chi connectivity index (χ0) is 19.4. The molecule has 144 valence electrons. The zero-order valence-electron chi connectivity index (χ0n) is 15.5. The third-order valence-electron chi connectivity index (χ3n) is 4.81. The lowest BCUT2D eigenvalue weighted by atomic mass is 9.93. The summed E-state index contributed by atoms with van der Waals surface area (Å²) in [5.74, 6) is -0.584. The second-order valence-electron chi connectivity index (χ2n) is 6.52. The molecule has 0 unspecified atom stereocenters. The predicted octanol–water partition coefficient (Wildman–Crippen LogP) is 2.86. The first-order valence-corrected chi connectivity index (χ1v) is 9.75.